The number of hydrogen-bond acceptors (Lipinski definition) is 4. The van der Waals surface area contributed by atoms with Crippen molar-refractivity contribution in [2.45, 2.75) is 33.3 Å². The minimum atomic E-state index is -0.174. The molecular weight excluding hydrogens is 242 g/mol. The fourth-order valence-corrected chi connectivity index (χ4v) is 1.60. The molecule has 1 amide bonds. The molecule has 1 aromatic heterocycles. The summed E-state index contributed by atoms with van der Waals surface area (Å²) in [5, 5.41) is 6.04. The molecule has 2 N–H and O–H groups in total. The van der Waals surface area contributed by atoms with Crippen LogP contribution in [0.15, 0.2) is 18.3 Å². The van der Waals surface area contributed by atoms with E-state index in [9.17, 15) is 4.79 Å². The summed E-state index contributed by atoms with van der Waals surface area (Å²) in [5.41, 5.74) is 1.34. The van der Waals surface area contributed by atoms with Crippen molar-refractivity contribution in [1.29, 1.82) is 0 Å². The number of amides is 1. The van der Waals surface area contributed by atoms with Gasteiger partial charge in [0.25, 0.3) is 5.91 Å². The van der Waals surface area contributed by atoms with E-state index in [0.717, 1.165) is 18.7 Å². The van der Waals surface area contributed by atoms with Gasteiger partial charge in [-0.25, -0.2) is 0 Å². The van der Waals surface area contributed by atoms with E-state index in [4.69, 9.17) is 4.74 Å². The van der Waals surface area contributed by atoms with Gasteiger partial charge < -0.3 is 15.4 Å². The fourth-order valence-electron chi connectivity index (χ4n) is 1.60. The molecular formula is C14H23N3O2. The monoisotopic (exact) mass is 265 g/mol. The van der Waals surface area contributed by atoms with Crippen LogP contribution in [-0.4, -0.2) is 36.7 Å². The highest BCUT2D eigenvalue weighted by atomic mass is 16.5. The van der Waals surface area contributed by atoms with E-state index in [-0.39, 0.29) is 12.0 Å². The molecule has 106 valence electrons. The summed E-state index contributed by atoms with van der Waals surface area (Å²) in [6.07, 6.45) is 2.68. The number of pyridine rings is 1. The van der Waals surface area contributed by atoms with E-state index in [1.54, 1.807) is 12.3 Å². The first-order valence-corrected chi connectivity index (χ1v) is 6.77. The number of aromatic nitrogens is 1. The summed E-state index contributed by atoms with van der Waals surface area (Å²) in [7, 11) is 0. The van der Waals surface area contributed by atoms with Gasteiger partial charge in [0.2, 0.25) is 0 Å². The third kappa shape index (κ3) is 5.70. The Morgan fingerprint density at radius 1 is 1.47 bits per heavy atom. The lowest BCUT2D eigenvalue weighted by Crippen LogP contribution is -2.32. The van der Waals surface area contributed by atoms with Gasteiger partial charge in [0.05, 0.1) is 6.10 Å². The van der Waals surface area contributed by atoms with Gasteiger partial charge in [-0.1, -0.05) is 6.92 Å². The maximum atomic E-state index is 11.9. The molecule has 5 heteroatoms. The molecule has 0 fully saturated rings. The predicted octanol–water partition coefficient (Wildman–Crippen LogP) is 2.06. The van der Waals surface area contributed by atoms with E-state index in [1.165, 1.54) is 0 Å². The quantitative estimate of drug-likeness (QED) is 0.755. The molecule has 0 aliphatic rings. The topological polar surface area (TPSA) is 63.2 Å². The van der Waals surface area contributed by atoms with Gasteiger partial charge in [0.15, 0.2) is 0 Å². The maximum Gasteiger partial charge on any atom is 0.270 e. The minimum absolute atomic E-state index is 0.00958. The van der Waals surface area contributed by atoms with Crippen LogP contribution in [0.5, 0.6) is 0 Å². The summed E-state index contributed by atoms with van der Waals surface area (Å²) in [4.78, 5) is 16.0. The zero-order valence-electron chi connectivity index (χ0n) is 11.9. The van der Waals surface area contributed by atoms with Crippen LogP contribution in [0.4, 0.5) is 5.69 Å². The molecule has 0 aromatic carbocycles. The van der Waals surface area contributed by atoms with Gasteiger partial charge in [-0.05, 0) is 32.4 Å². The lowest BCUT2D eigenvalue weighted by atomic mass is 10.3. The lowest BCUT2D eigenvalue weighted by molar-refractivity contribution is 0.0693. The van der Waals surface area contributed by atoms with Crippen molar-refractivity contribution < 1.29 is 9.53 Å². The summed E-state index contributed by atoms with van der Waals surface area (Å²) < 4.78 is 5.36. The van der Waals surface area contributed by atoms with Crippen LogP contribution < -0.4 is 10.6 Å². The van der Waals surface area contributed by atoms with Gasteiger partial charge in [0.1, 0.15) is 5.69 Å². The van der Waals surface area contributed by atoms with Crippen LogP contribution >= 0.6 is 0 Å². The predicted molar refractivity (Wildman–Crippen MR) is 76.4 cm³/mol. The van der Waals surface area contributed by atoms with Gasteiger partial charge >= 0.3 is 0 Å². The number of nitrogens with one attached hydrogen (secondary N) is 2. The third-order valence-electron chi connectivity index (χ3n) is 2.57. The molecule has 0 saturated heterocycles. The smallest absolute Gasteiger partial charge is 0.270 e. The Bertz CT molecular complexity index is 396. The summed E-state index contributed by atoms with van der Waals surface area (Å²) in [5.74, 6) is -0.174. The molecule has 0 aliphatic carbocycles. The minimum Gasteiger partial charge on any atom is -0.385 e. The summed E-state index contributed by atoms with van der Waals surface area (Å²) in [6, 6.07) is 3.62. The number of rotatable bonds is 8. The number of hydrogen-bond donors (Lipinski definition) is 2. The number of anilines is 1. The van der Waals surface area contributed by atoms with Crippen LogP contribution in [0.25, 0.3) is 0 Å². The van der Waals surface area contributed by atoms with E-state index >= 15 is 0 Å². The Morgan fingerprint density at radius 3 is 2.95 bits per heavy atom. The first-order chi connectivity index (χ1) is 9.17. The highest BCUT2D eigenvalue weighted by Gasteiger charge is 2.09. The highest BCUT2D eigenvalue weighted by molar-refractivity contribution is 5.93. The van der Waals surface area contributed by atoms with Crippen LogP contribution in [0.1, 0.15) is 37.7 Å². The van der Waals surface area contributed by atoms with Gasteiger partial charge in [-0.3, -0.25) is 9.78 Å². The second-order valence-electron chi connectivity index (χ2n) is 4.33. The molecule has 5 nitrogen and oxygen atoms in total. The van der Waals surface area contributed by atoms with Gasteiger partial charge in [0, 0.05) is 31.6 Å². The summed E-state index contributed by atoms with van der Waals surface area (Å²) in [6.45, 7) is 7.97. The van der Waals surface area contributed by atoms with Crippen molar-refractivity contribution >= 4 is 11.6 Å². The Hall–Kier alpha value is -1.62. The zero-order valence-corrected chi connectivity index (χ0v) is 11.9. The molecule has 19 heavy (non-hydrogen) atoms. The standard InChI is InChI=1S/C14H23N3O2/c1-4-7-15-12-6-8-16-13(9-12)14(18)17-10-11(3)19-5-2/h6,8-9,11H,4-5,7,10H2,1-3H3,(H,15,16)(H,17,18). The lowest BCUT2D eigenvalue weighted by Gasteiger charge is -2.12. The normalized spacial score (nSPS) is 11.9. The second kappa shape index (κ2) is 8.48. The molecule has 1 heterocycles. The van der Waals surface area contributed by atoms with E-state index in [2.05, 4.69) is 22.5 Å². The molecule has 0 bridgehead atoms. The number of carbonyl (C=O) groups is 1. The average Bonchev–Trinajstić information content (AvgIpc) is 2.43. The third-order valence-corrected chi connectivity index (χ3v) is 2.57. The SMILES string of the molecule is CCCNc1ccnc(C(=O)NCC(C)OCC)c1. The molecule has 0 radical (unpaired) electrons. The van der Waals surface area contributed by atoms with Crippen LogP contribution in [0, 0.1) is 0 Å². The number of carbonyl (C=O) groups excluding carboxylic acids is 1. The first kappa shape index (κ1) is 15.4. The van der Waals surface area contributed by atoms with Gasteiger partial charge in [-0.15, -0.1) is 0 Å². The van der Waals surface area contributed by atoms with Crippen molar-refractivity contribution in [3.05, 3.63) is 24.0 Å². The number of ether oxygens (including phenoxy) is 1. The summed E-state index contributed by atoms with van der Waals surface area (Å²) >= 11 is 0. The molecule has 1 rings (SSSR count). The molecule has 1 atom stereocenters. The molecule has 0 saturated carbocycles. The Morgan fingerprint density at radius 2 is 2.26 bits per heavy atom. The van der Waals surface area contributed by atoms with Crippen molar-refractivity contribution in [3.63, 3.8) is 0 Å². The van der Waals surface area contributed by atoms with Crippen LogP contribution in [0.2, 0.25) is 0 Å². The van der Waals surface area contributed by atoms with E-state index in [0.29, 0.717) is 18.8 Å². The van der Waals surface area contributed by atoms with E-state index in [1.807, 2.05) is 19.9 Å². The van der Waals surface area contributed by atoms with Crippen molar-refractivity contribution in [1.82, 2.24) is 10.3 Å². The molecule has 1 unspecified atom stereocenters. The maximum absolute atomic E-state index is 11.9. The van der Waals surface area contributed by atoms with Crippen LogP contribution in [-0.2, 0) is 4.74 Å². The Labute approximate surface area is 114 Å². The van der Waals surface area contributed by atoms with Crippen molar-refractivity contribution in [2.75, 3.05) is 25.0 Å². The van der Waals surface area contributed by atoms with Crippen molar-refractivity contribution in [2.24, 2.45) is 0 Å². The highest BCUT2D eigenvalue weighted by Crippen LogP contribution is 2.07. The first-order valence-electron chi connectivity index (χ1n) is 6.77. The van der Waals surface area contributed by atoms with Crippen LogP contribution in [0.3, 0.4) is 0 Å². The van der Waals surface area contributed by atoms with Crippen molar-refractivity contribution in [3.8, 4) is 0 Å². The number of nitrogens with zero attached hydrogens (tertiary/aromatic N) is 1. The fraction of sp³-hybridized carbons (Fsp3) is 0.571. The average molecular weight is 265 g/mol. The molecule has 0 spiro atoms. The Balaban J connectivity index is 2.51. The largest absolute Gasteiger partial charge is 0.385 e. The van der Waals surface area contributed by atoms with E-state index < -0.39 is 0 Å². The Kier molecular flexibility index (Phi) is 6.89. The molecule has 0 aliphatic heterocycles. The second-order valence-corrected chi connectivity index (χ2v) is 4.33. The molecule has 1 aromatic rings. The zero-order chi connectivity index (χ0) is 14.1. The van der Waals surface area contributed by atoms with Gasteiger partial charge in [-0.2, -0.15) is 0 Å².